The highest BCUT2D eigenvalue weighted by atomic mass is 32.1. The van der Waals surface area contributed by atoms with Gasteiger partial charge in [0.05, 0.1) is 24.9 Å². The predicted molar refractivity (Wildman–Crippen MR) is 153 cm³/mol. The fourth-order valence-corrected chi connectivity index (χ4v) is 9.66. The number of benzene rings is 1. The molecule has 1 aromatic heterocycles. The number of nitrogens with one attached hydrogen (secondary N) is 1. The number of hydrogen-bond donors (Lipinski definition) is 1. The molecule has 7 heteroatoms. The third-order valence-electron chi connectivity index (χ3n) is 10.1. The quantitative estimate of drug-likeness (QED) is 0.422. The van der Waals surface area contributed by atoms with E-state index >= 15 is 0 Å². The van der Waals surface area contributed by atoms with Crippen molar-refractivity contribution in [3.8, 4) is 5.75 Å². The van der Waals surface area contributed by atoms with Crippen molar-refractivity contribution >= 4 is 28.2 Å². The molecule has 3 aliphatic carbocycles. The van der Waals surface area contributed by atoms with Crippen LogP contribution in [0.2, 0.25) is 0 Å². The van der Waals surface area contributed by atoms with Crippen LogP contribution in [0.5, 0.6) is 5.75 Å². The summed E-state index contributed by atoms with van der Waals surface area (Å²) in [4.78, 5) is 28.1. The molecule has 0 spiro atoms. The van der Waals surface area contributed by atoms with Gasteiger partial charge in [-0.1, -0.05) is 13.0 Å². The number of carbonyl (C=O) groups excluding carboxylic acids is 2. The van der Waals surface area contributed by atoms with Gasteiger partial charge in [0.2, 0.25) is 5.91 Å². The molecule has 0 bridgehead atoms. The number of aryl methyl sites for hydroxylation is 1. The second-order valence-corrected chi connectivity index (χ2v) is 13.9. The standard InChI is InChI=1S/C32H41NO5S/c1-6-37-30(35)26-27-25(39-29(26)33-28(34)19-12-14-38-31(2,3)17-19)16-24-23-9-7-18-15-20(36-5)8-10-21(18)22(23)11-13-32(24,27)4/h8,10,15,19,22-24H,6-7,9,11-14,16-17H2,1-5H3,(H,33,34)/t19-,22-,23-,24+,32-/m1/s1. The zero-order chi connectivity index (χ0) is 27.5. The Morgan fingerprint density at radius 1 is 1.18 bits per heavy atom. The van der Waals surface area contributed by atoms with Crippen molar-refractivity contribution in [3.63, 3.8) is 0 Å². The van der Waals surface area contributed by atoms with Crippen molar-refractivity contribution in [2.75, 3.05) is 25.6 Å². The number of hydrogen-bond acceptors (Lipinski definition) is 6. The second kappa shape index (κ2) is 9.91. The van der Waals surface area contributed by atoms with Crippen molar-refractivity contribution in [1.29, 1.82) is 0 Å². The third kappa shape index (κ3) is 4.50. The number of anilines is 1. The number of amides is 1. The average Bonchev–Trinajstić information content (AvgIpc) is 3.41. The largest absolute Gasteiger partial charge is 0.497 e. The van der Waals surface area contributed by atoms with Crippen LogP contribution >= 0.6 is 11.3 Å². The molecule has 5 atom stereocenters. The van der Waals surface area contributed by atoms with Crippen LogP contribution in [0, 0.1) is 17.8 Å². The molecule has 1 aromatic carbocycles. The van der Waals surface area contributed by atoms with Gasteiger partial charge in [-0.15, -0.1) is 11.3 Å². The predicted octanol–water partition coefficient (Wildman–Crippen LogP) is 6.65. The van der Waals surface area contributed by atoms with E-state index in [4.69, 9.17) is 14.2 Å². The minimum Gasteiger partial charge on any atom is -0.497 e. The summed E-state index contributed by atoms with van der Waals surface area (Å²) < 4.78 is 16.9. The molecule has 2 aromatic rings. The zero-order valence-electron chi connectivity index (χ0n) is 23.9. The summed E-state index contributed by atoms with van der Waals surface area (Å²) >= 11 is 1.61. The van der Waals surface area contributed by atoms with Crippen molar-refractivity contribution in [2.24, 2.45) is 17.8 Å². The van der Waals surface area contributed by atoms with Gasteiger partial charge in [-0.05, 0) is 118 Å². The molecule has 0 unspecified atom stereocenters. The van der Waals surface area contributed by atoms with Crippen molar-refractivity contribution < 1.29 is 23.8 Å². The van der Waals surface area contributed by atoms with E-state index in [-0.39, 0.29) is 28.8 Å². The first kappa shape index (κ1) is 26.8. The van der Waals surface area contributed by atoms with E-state index in [0.717, 1.165) is 43.4 Å². The molecule has 2 fully saturated rings. The van der Waals surface area contributed by atoms with E-state index < -0.39 is 0 Å². The molecule has 1 amide bonds. The lowest BCUT2D eigenvalue weighted by Crippen LogP contribution is -2.43. The molecule has 39 heavy (non-hydrogen) atoms. The maximum Gasteiger partial charge on any atom is 0.341 e. The minimum atomic E-state index is -0.315. The number of fused-ring (bicyclic) bond motifs is 7. The summed E-state index contributed by atoms with van der Waals surface area (Å²) in [5, 5.41) is 3.87. The van der Waals surface area contributed by atoms with Crippen LogP contribution in [-0.4, -0.2) is 37.8 Å². The molecule has 4 aliphatic rings. The van der Waals surface area contributed by atoms with E-state index in [2.05, 4.69) is 30.4 Å². The summed E-state index contributed by atoms with van der Waals surface area (Å²) in [6.07, 6.45) is 6.71. The van der Waals surface area contributed by atoms with Gasteiger partial charge in [0.15, 0.2) is 0 Å². The fourth-order valence-electron chi connectivity index (χ4n) is 8.27. The topological polar surface area (TPSA) is 73.9 Å². The summed E-state index contributed by atoms with van der Waals surface area (Å²) in [7, 11) is 1.73. The van der Waals surface area contributed by atoms with Gasteiger partial charge >= 0.3 is 5.97 Å². The van der Waals surface area contributed by atoms with Crippen LogP contribution in [0.1, 0.15) is 97.6 Å². The Kier molecular flexibility index (Phi) is 6.82. The van der Waals surface area contributed by atoms with Crippen LogP contribution in [0.3, 0.4) is 0 Å². The van der Waals surface area contributed by atoms with Gasteiger partial charge in [0.1, 0.15) is 10.8 Å². The van der Waals surface area contributed by atoms with Gasteiger partial charge in [0.25, 0.3) is 0 Å². The van der Waals surface area contributed by atoms with Gasteiger partial charge < -0.3 is 19.5 Å². The highest BCUT2D eigenvalue weighted by molar-refractivity contribution is 7.17. The van der Waals surface area contributed by atoms with E-state index in [0.29, 0.717) is 54.4 Å². The van der Waals surface area contributed by atoms with Gasteiger partial charge in [-0.2, -0.15) is 0 Å². The third-order valence-corrected chi connectivity index (χ3v) is 11.2. The van der Waals surface area contributed by atoms with Crippen molar-refractivity contribution in [2.45, 2.75) is 89.6 Å². The molecule has 1 saturated heterocycles. The first-order valence-electron chi connectivity index (χ1n) is 14.6. The summed E-state index contributed by atoms with van der Waals surface area (Å²) in [6, 6.07) is 6.61. The van der Waals surface area contributed by atoms with E-state index in [9.17, 15) is 9.59 Å². The first-order chi connectivity index (χ1) is 18.6. The Morgan fingerprint density at radius 3 is 2.74 bits per heavy atom. The van der Waals surface area contributed by atoms with Crippen LogP contribution in [-0.2, 0) is 32.5 Å². The second-order valence-electron chi connectivity index (χ2n) is 12.8. The molecule has 1 saturated carbocycles. The van der Waals surface area contributed by atoms with Crippen LogP contribution in [0.25, 0.3) is 0 Å². The maximum atomic E-state index is 13.5. The Labute approximate surface area is 235 Å². The van der Waals surface area contributed by atoms with Crippen LogP contribution in [0.15, 0.2) is 18.2 Å². The number of rotatable bonds is 5. The van der Waals surface area contributed by atoms with Crippen LogP contribution in [0.4, 0.5) is 5.00 Å². The number of thiophene rings is 1. The smallest absolute Gasteiger partial charge is 0.341 e. The molecule has 6 nitrogen and oxygen atoms in total. The molecular weight excluding hydrogens is 510 g/mol. The Hall–Kier alpha value is -2.38. The Morgan fingerprint density at radius 2 is 2.00 bits per heavy atom. The fraction of sp³-hybridized carbons (Fsp3) is 0.625. The Balaban J connectivity index is 1.31. The van der Waals surface area contributed by atoms with E-state index in [1.165, 1.54) is 16.0 Å². The average molecular weight is 552 g/mol. The molecule has 210 valence electrons. The highest BCUT2D eigenvalue weighted by Crippen LogP contribution is 2.63. The SMILES string of the molecule is CCOC(=O)c1c(NC(=O)[C@@H]2CCOC(C)(C)C2)sc2c1[C@]1(C)CC[C@@H]3c4ccc(OC)cc4CC[C@H]3[C@@H]1C2. The zero-order valence-corrected chi connectivity index (χ0v) is 24.7. The number of carbonyl (C=O) groups is 2. The lowest BCUT2D eigenvalue weighted by atomic mass is 9.54. The van der Waals surface area contributed by atoms with Gasteiger partial charge in [-0.25, -0.2) is 4.79 Å². The molecule has 2 heterocycles. The summed E-state index contributed by atoms with van der Waals surface area (Å²) in [5.41, 5.74) is 4.27. The van der Waals surface area contributed by atoms with E-state index in [1.54, 1.807) is 18.4 Å². The molecule has 6 rings (SSSR count). The number of esters is 1. The summed E-state index contributed by atoms with van der Waals surface area (Å²) in [6.45, 7) is 9.18. The lowest BCUT2D eigenvalue weighted by molar-refractivity contribution is -0.130. The molecule has 0 radical (unpaired) electrons. The normalized spacial score (nSPS) is 30.4. The molecular formula is C32H41NO5S. The van der Waals surface area contributed by atoms with Crippen LogP contribution < -0.4 is 10.1 Å². The molecule has 1 aliphatic heterocycles. The maximum absolute atomic E-state index is 13.5. The Bertz CT molecular complexity index is 1300. The number of ether oxygens (including phenoxy) is 3. The van der Waals surface area contributed by atoms with Crippen molar-refractivity contribution in [3.05, 3.63) is 45.3 Å². The summed E-state index contributed by atoms with van der Waals surface area (Å²) in [5.74, 6) is 2.12. The molecule has 1 N–H and O–H groups in total. The van der Waals surface area contributed by atoms with E-state index in [1.807, 2.05) is 20.8 Å². The van der Waals surface area contributed by atoms with Crippen molar-refractivity contribution in [1.82, 2.24) is 0 Å². The minimum absolute atomic E-state index is 0.0124. The number of methoxy groups -OCH3 is 1. The monoisotopic (exact) mass is 551 g/mol. The highest BCUT2D eigenvalue weighted by Gasteiger charge is 2.55. The lowest BCUT2D eigenvalue weighted by Gasteiger charge is -2.49. The van der Waals surface area contributed by atoms with Gasteiger partial charge in [0, 0.05) is 17.4 Å². The first-order valence-corrected chi connectivity index (χ1v) is 15.4. The van der Waals surface area contributed by atoms with Gasteiger partial charge in [-0.3, -0.25) is 4.79 Å².